The van der Waals surface area contributed by atoms with Crippen LogP contribution in [0.1, 0.15) is 35.1 Å². The molecule has 0 radical (unpaired) electrons. The van der Waals surface area contributed by atoms with Gasteiger partial charge in [0.05, 0.1) is 7.11 Å². The van der Waals surface area contributed by atoms with E-state index in [2.05, 4.69) is 31.0 Å². The highest BCUT2D eigenvalue weighted by Gasteiger charge is 2.24. The molecule has 20 heavy (non-hydrogen) atoms. The predicted octanol–water partition coefficient (Wildman–Crippen LogP) is 3.12. The summed E-state index contributed by atoms with van der Waals surface area (Å²) in [7, 11) is 1.72. The van der Waals surface area contributed by atoms with E-state index in [-0.39, 0.29) is 0 Å². The molecule has 5 heteroatoms. The summed E-state index contributed by atoms with van der Waals surface area (Å²) < 4.78 is 5.50. The van der Waals surface area contributed by atoms with E-state index in [0.29, 0.717) is 6.04 Å². The molecule has 1 aromatic rings. The first-order chi connectivity index (χ1) is 9.58. The van der Waals surface area contributed by atoms with Crippen LogP contribution in [0.15, 0.2) is 0 Å². The van der Waals surface area contributed by atoms with Gasteiger partial charge in [-0.2, -0.15) is 0 Å². The van der Waals surface area contributed by atoms with Gasteiger partial charge in [-0.1, -0.05) is 19.1 Å². The predicted molar refractivity (Wildman–Crippen MR) is 90.3 cm³/mol. The number of likely N-dealkylation sites (N-methyl/N-ethyl adjacent to an activating group) is 1. The fourth-order valence-corrected chi connectivity index (χ4v) is 4.18. The number of hydrogen-bond acceptors (Lipinski definition) is 4. The number of ether oxygens (including phenoxy) is 1. The van der Waals surface area contributed by atoms with Crippen molar-refractivity contribution < 1.29 is 4.74 Å². The van der Waals surface area contributed by atoms with E-state index in [1.54, 1.807) is 18.4 Å². The first-order valence-electron chi connectivity index (χ1n) is 7.24. The van der Waals surface area contributed by atoms with Crippen molar-refractivity contribution in [2.24, 2.45) is 0 Å². The Morgan fingerprint density at radius 3 is 2.90 bits per heavy atom. The topological polar surface area (TPSA) is 24.5 Å². The zero-order valence-electron chi connectivity index (χ0n) is 12.8. The average Bonchev–Trinajstić information content (AvgIpc) is 3.01. The maximum atomic E-state index is 5.56. The molecular formula is C15H24N2OS2. The zero-order valence-corrected chi connectivity index (χ0v) is 14.4. The second kappa shape index (κ2) is 6.87. The Balaban J connectivity index is 2.00. The second-order valence-electron chi connectivity index (χ2n) is 5.28. The molecule has 2 rings (SSSR count). The lowest BCUT2D eigenvalue weighted by molar-refractivity contribution is 0.267. The maximum absolute atomic E-state index is 5.56. The third-order valence-corrected chi connectivity index (χ3v) is 5.83. The minimum atomic E-state index is 0.617. The quantitative estimate of drug-likeness (QED) is 0.844. The summed E-state index contributed by atoms with van der Waals surface area (Å²) in [5, 5.41) is 3.44. The van der Waals surface area contributed by atoms with Gasteiger partial charge in [-0.15, -0.1) is 11.3 Å². The second-order valence-corrected chi connectivity index (χ2v) is 6.91. The smallest absolute Gasteiger partial charge is 0.143 e. The molecule has 2 heterocycles. The number of thiocarbonyl (C=S) groups is 1. The summed E-state index contributed by atoms with van der Waals surface area (Å²) in [6.45, 7) is 9.71. The van der Waals surface area contributed by atoms with Crippen LogP contribution in [-0.2, 0) is 0 Å². The van der Waals surface area contributed by atoms with Crippen molar-refractivity contribution >= 4 is 28.5 Å². The zero-order chi connectivity index (χ0) is 14.7. The molecule has 0 aliphatic carbocycles. The van der Waals surface area contributed by atoms with Crippen molar-refractivity contribution in [2.75, 3.05) is 26.7 Å². The molecule has 1 atom stereocenters. The molecule has 1 saturated heterocycles. The van der Waals surface area contributed by atoms with E-state index in [1.165, 1.54) is 29.8 Å². The monoisotopic (exact) mass is 312 g/mol. The third kappa shape index (κ3) is 3.15. The van der Waals surface area contributed by atoms with Crippen molar-refractivity contribution in [3.05, 3.63) is 15.3 Å². The van der Waals surface area contributed by atoms with Gasteiger partial charge in [-0.25, -0.2) is 0 Å². The minimum Gasteiger partial charge on any atom is -0.495 e. The van der Waals surface area contributed by atoms with Gasteiger partial charge < -0.3 is 10.1 Å². The van der Waals surface area contributed by atoms with Gasteiger partial charge in [0.15, 0.2) is 0 Å². The normalized spacial score (nSPS) is 19.3. The van der Waals surface area contributed by atoms with Crippen LogP contribution in [0.2, 0.25) is 0 Å². The fraction of sp³-hybridized carbons (Fsp3) is 0.667. The van der Waals surface area contributed by atoms with Gasteiger partial charge in [0.25, 0.3) is 0 Å². The van der Waals surface area contributed by atoms with Gasteiger partial charge in [-0.05, 0) is 39.8 Å². The Morgan fingerprint density at radius 2 is 2.25 bits per heavy atom. The molecule has 0 aromatic carbocycles. The van der Waals surface area contributed by atoms with Crippen LogP contribution in [0.5, 0.6) is 5.75 Å². The number of methoxy groups -OCH3 is 1. The highest BCUT2D eigenvalue weighted by atomic mass is 32.1. The molecule has 1 unspecified atom stereocenters. The average molecular weight is 313 g/mol. The lowest BCUT2D eigenvalue weighted by Crippen LogP contribution is -2.39. The Labute approximate surface area is 131 Å². The Kier molecular flexibility index (Phi) is 5.41. The van der Waals surface area contributed by atoms with Crippen molar-refractivity contribution in [1.29, 1.82) is 0 Å². The van der Waals surface area contributed by atoms with E-state index in [9.17, 15) is 0 Å². The summed E-state index contributed by atoms with van der Waals surface area (Å²) in [5.41, 5.74) is 1.20. The molecule has 1 aliphatic rings. The molecule has 112 valence electrons. The van der Waals surface area contributed by atoms with Crippen LogP contribution in [-0.4, -0.2) is 42.7 Å². The molecule has 0 saturated carbocycles. The van der Waals surface area contributed by atoms with Gasteiger partial charge in [-0.3, -0.25) is 4.90 Å². The molecule has 1 aliphatic heterocycles. The number of nitrogens with zero attached hydrogens (tertiary/aromatic N) is 1. The molecule has 1 N–H and O–H groups in total. The molecule has 3 nitrogen and oxygen atoms in total. The first kappa shape index (κ1) is 15.7. The number of thiophene rings is 1. The third-order valence-electron chi connectivity index (χ3n) is 4.14. The van der Waals surface area contributed by atoms with Gasteiger partial charge in [0.2, 0.25) is 0 Å². The molecule has 0 spiro atoms. The van der Waals surface area contributed by atoms with Gasteiger partial charge >= 0.3 is 0 Å². The lowest BCUT2D eigenvalue weighted by Gasteiger charge is -2.23. The van der Waals surface area contributed by atoms with Crippen molar-refractivity contribution in [3.63, 3.8) is 0 Å². The van der Waals surface area contributed by atoms with Crippen LogP contribution < -0.4 is 10.1 Å². The number of likely N-dealkylation sites (tertiary alicyclic amines) is 1. The number of hydrogen-bond donors (Lipinski definition) is 1. The van der Waals surface area contributed by atoms with Crippen LogP contribution in [0.25, 0.3) is 0 Å². The molecule has 1 fully saturated rings. The fourth-order valence-electron chi connectivity index (χ4n) is 2.83. The van der Waals surface area contributed by atoms with E-state index in [4.69, 9.17) is 17.0 Å². The molecule has 1 aromatic heterocycles. The lowest BCUT2D eigenvalue weighted by atomic mass is 10.2. The Bertz CT molecular complexity index is 484. The van der Waals surface area contributed by atoms with Crippen molar-refractivity contribution in [1.82, 2.24) is 10.2 Å². The Hall–Kier alpha value is -0.650. The van der Waals surface area contributed by atoms with Crippen LogP contribution in [0.3, 0.4) is 0 Å². The van der Waals surface area contributed by atoms with Crippen LogP contribution in [0, 0.1) is 13.8 Å². The van der Waals surface area contributed by atoms with E-state index < -0.39 is 0 Å². The maximum Gasteiger partial charge on any atom is 0.143 e. The van der Waals surface area contributed by atoms with E-state index >= 15 is 0 Å². The minimum absolute atomic E-state index is 0.617. The first-order valence-corrected chi connectivity index (χ1v) is 8.47. The van der Waals surface area contributed by atoms with Crippen molar-refractivity contribution in [2.45, 2.75) is 39.7 Å². The van der Waals surface area contributed by atoms with Gasteiger partial charge in [0.1, 0.15) is 15.6 Å². The highest BCUT2D eigenvalue weighted by molar-refractivity contribution is 7.81. The SMILES string of the molecule is CCN1CCCC1CNC(=S)c1sc(C)c(C)c1OC. The van der Waals surface area contributed by atoms with E-state index in [1.807, 2.05) is 0 Å². The summed E-state index contributed by atoms with van der Waals surface area (Å²) >= 11 is 7.28. The summed E-state index contributed by atoms with van der Waals surface area (Å²) in [6.07, 6.45) is 2.57. The van der Waals surface area contributed by atoms with Gasteiger partial charge in [0, 0.05) is 23.0 Å². The van der Waals surface area contributed by atoms with E-state index in [0.717, 1.165) is 28.7 Å². The highest BCUT2D eigenvalue weighted by Crippen LogP contribution is 2.34. The standard InChI is InChI=1S/C15H24N2OS2/c1-5-17-8-6-7-12(17)9-16-15(19)14-13(18-4)10(2)11(3)20-14/h12H,5-9H2,1-4H3,(H,16,19). The van der Waals surface area contributed by atoms with Crippen LogP contribution in [0.4, 0.5) is 0 Å². The summed E-state index contributed by atoms with van der Waals surface area (Å²) in [5.74, 6) is 0.934. The van der Waals surface area contributed by atoms with Crippen molar-refractivity contribution in [3.8, 4) is 5.75 Å². The summed E-state index contributed by atoms with van der Waals surface area (Å²) in [4.78, 5) is 5.69. The largest absolute Gasteiger partial charge is 0.495 e. The molecule has 0 amide bonds. The number of rotatable bonds is 5. The molecule has 0 bridgehead atoms. The number of aryl methyl sites for hydroxylation is 1. The summed E-state index contributed by atoms with van der Waals surface area (Å²) in [6, 6.07) is 0.617. The van der Waals surface area contributed by atoms with Crippen LogP contribution >= 0.6 is 23.6 Å². The Morgan fingerprint density at radius 1 is 1.50 bits per heavy atom. The molecular weight excluding hydrogens is 288 g/mol. The number of nitrogens with one attached hydrogen (secondary N) is 1.